The van der Waals surface area contributed by atoms with Gasteiger partial charge in [0, 0.05) is 56.1 Å². The topological polar surface area (TPSA) is 88.8 Å². The number of amides is 4. The molecule has 6 rings (SSSR count). The zero-order valence-corrected chi connectivity index (χ0v) is 25.6. The molecule has 2 N–H and O–H groups in total. The van der Waals surface area contributed by atoms with Crippen LogP contribution in [0.2, 0.25) is 0 Å². The summed E-state index contributed by atoms with van der Waals surface area (Å²) in [5.74, 6) is 0.0865. The molecule has 0 bridgehead atoms. The molecule has 222 valence electrons. The molecule has 0 saturated carbocycles. The molecular formula is C33H41N5O3S. The summed E-state index contributed by atoms with van der Waals surface area (Å²) in [6, 6.07) is 16.3. The lowest BCUT2D eigenvalue weighted by Crippen LogP contribution is -2.50. The summed E-state index contributed by atoms with van der Waals surface area (Å²) < 4.78 is 0. The van der Waals surface area contributed by atoms with Gasteiger partial charge in [-0.15, -0.1) is 11.8 Å². The Balaban J connectivity index is 1.10. The summed E-state index contributed by atoms with van der Waals surface area (Å²) in [7, 11) is 0. The smallest absolute Gasteiger partial charge is 0.322 e. The van der Waals surface area contributed by atoms with Crippen LogP contribution in [-0.2, 0) is 16.0 Å². The number of anilines is 1. The molecule has 0 spiro atoms. The average Bonchev–Trinajstić information content (AvgIpc) is 3.52. The zero-order valence-electron chi connectivity index (χ0n) is 24.8. The lowest BCUT2D eigenvalue weighted by Gasteiger charge is -2.38. The van der Waals surface area contributed by atoms with Crippen LogP contribution in [0.5, 0.6) is 0 Å². The average molecular weight is 588 g/mol. The number of likely N-dealkylation sites (tertiary alicyclic amines) is 1. The molecular weight excluding hydrogens is 546 g/mol. The summed E-state index contributed by atoms with van der Waals surface area (Å²) in [6.45, 7) is 9.12. The molecule has 3 aromatic rings. The van der Waals surface area contributed by atoms with Crippen LogP contribution >= 0.6 is 11.8 Å². The third kappa shape index (κ3) is 5.89. The van der Waals surface area contributed by atoms with E-state index in [1.54, 1.807) is 11.8 Å². The first-order chi connectivity index (χ1) is 20.2. The number of para-hydroxylation sites is 2. The number of aromatic amines is 1. The van der Waals surface area contributed by atoms with E-state index in [1.807, 2.05) is 45.2 Å². The summed E-state index contributed by atoms with van der Waals surface area (Å²) in [5, 5.41) is 3.66. The second kappa shape index (κ2) is 11.7. The van der Waals surface area contributed by atoms with Crippen LogP contribution in [0.4, 0.5) is 10.5 Å². The molecule has 0 aliphatic carbocycles. The maximum Gasteiger partial charge on any atom is 0.322 e. The highest BCUT2D eigenvalue weighted by atomic mass is 32.2. The van der Waals surface area contributed by atoms with Gasteiger partial charge < -0.3 is 25.0 Å². The van der Waals surface area contributed by atoms with Crippen LogP contribution in [0, 0.1) is 5.41 Å². The van der Waals surface area contributed by atoms with Crippen LogP contribution in [-0.4, -0.2) is 75.0 Å². The lowest BCUT2D eigenvalue weighted by molar-refractivity contribution is -0.137. The fourth-order valence-electron chi connectivity index (χ4n) is 6.42. The molecule has 0 radical (unpaired) electrons. The van der Waals surface area contributed by atoms with Crippen LogP contribution < -0.4 is 5.32 Å². The van der Waals surface area contributed by atoms with Crippen molar-refractivity contribution in [3.63, 3.8) is 0 Å². The van der Waals surface area contributed by atoms with Gasteiger partial charge in [-0.25, -0.2) is 4.79 Å². The normalized spacial score (nSPS) is 21.9. The van der Waals surface area contributed by atoms with E-state index in [-0.39, 0.29) is 41.1 Å². The highest BCUT2D eigenvalue weighted by molar-refractivity contribution is 8.01. The number of hydrogen-bond donors (Lipinski definition) is 2. The summed E-state index contributed by atoms with van der Waals surface area (Å²) in [6.07, 6.45) is 5.34. The van der Waals surface area contributed by atoms with Crippen molar-refractivity contribution in [2.24, 2.45) is 5.41 Å². The first-order valence-corrected chi connectivity index (χ1v) is 16.1. The molecule has 42 heavy (non-hydrogen) atoms. The van der Waals surface area contributed by atoms with Crippen molar-refractivity contribution in [3.05, 3.63) is 65.9 Å². The van der Waals surface area contributed by atoms with E-state index in [1.165, 1.54) is 0 Å². The Kier molecular flexibility index (Phi) is 7.96. The van der Waals surface area contributed by atoms with Gasteiger partial charge in [-0.2, -0.15) is 0 Å². The Morgan fingerprint density at radius 2 is 1.79 bits per heavy atom. The van der Waals surface area contributed by atoms with E-state index in [9.17, 15) is 14.4 Å². The third-order valence-corrected chi connectivity index (χ3v) is 10.3. The second-order valence-corrected chi connectivity index (χ2v) is 14.2. The standard InChI is InChI=1S/C33H41N5O3S/c1-33(2,3)15-20-38-30(40)27(42-31(38)25-9-6-8-23-11-16-34-29(23)25)21-28(39)36-17-13-24(14-18-36)37-19-12-22-7-4-5-10-26(22)35-32(37)41/h4-11,16,24,27,31,34H,12-15,17-21H2,1-3H3,(H,35,41). The van der Waals surface area contributed by atoms with Crippen molar-refractivity contribution in [2.45, 2.75) is 69.5 Å². The summed E-state index contributed by atoms with van der Waals surface area (Å²) in [5.41, 5.74) is 4.29. The minimum Gasteiger partial charge on any atom is -0.361 e. The fourth-order valence-corrected chi connectivity index (χ4v) is 7.92. The second-order valence-electron chi connectivity index (χ2n) is 13.0. The number of nitrogens with zero attached hydrogens (tertiary/aromatic N) is 3. The highest BCUT2D eigenvalue weighted by Crippen LogP contribution is 2.46. The van der Waals surface area contributed by atoms with Crippen molar-refractivity contribution in [3.8, 4) is 0 Å². The molecule has 3 aliphatic rings. The van der Waals surface area contributed by atoms with Crippen LogP contribution in [0.15, 0.2) is 54.7 Å². The molecule has 2 saturated heterocycles. The Labute approximate surface area is 252 Å². The molecule has 8 nitrogen and oxygen atoms in total. The first-order valence-electron chi connectivity index (χ1n) is 15.1. The quantitative estimate of drug-likeness (QED) is 0.369. The number of fused-ring (bicyclic) bond motifs is 2. The van der Waals surface area contributed by atoms with E-state index in [2.05, 4.69) is 55.3 Å². The Morgan fingerprint density at radius 3 is 2.57 bits per heavy atom. The van der Waals surface area contributed by atoms with Gasteiger partial charge in [0.2, 0.25) is 11.8 Å². The zero-order chi connectivity index (χ0) is 29.4. The van der Waals surface area contributed by atoms with Crippen LogP contribution in [0.25, 0.3) is 10.9 Å². The Hall–Kier alpha value is -3.46. The maximum atomic E-state index is 13.8. The van der Waals surface area contributed by atoms with Crippen LogP contribution in [0.1, 0.15) is 63.0 Å². The highest BCUT2D eigenvalue weighted by Gasteiger charge is 2.43. The van der Waals surface area contributed by atoms with E-state index in [0.717, 1.165) is 53.4 Å². The van der Waals surface area contributed by atoms with Gasteiger partial charge in [0.05, 0.1) is 10.8 Å². The number of carbonyl (C=O) groups is 3. The molecule has 1 aromatic heterocycles. The molecule has 3 aliphatic heterocycles. The minimum absolute atomic E-state index is 0.0292. The van der Waals surface area contributed by atoms with Gasteiger partial charge in [-0.05, 0) is 54.2 Å². The largest absolute Gasteiger partial charge is 0.361 e. The van der Waals surface area contributed by atoms with Crippen molar-refractivity contribution in [1.82, 2.24) is 19.7 Å². The SMILES string of the molecule is CC(C)(C)CCN1C(=O)C(CC(=O)N2CCC(N3CCc4ccccc4NC3=O)CC2)SC1c1cccc2cc[nH]c12. The number of benzene rings is 2. The number of thioether (sulfide) groups is 1. The summed E-state index contributed by atoms with van der Waals surface area (Å²) in [4.78, 5) is 49.5. The van der Waals surface area contributed by atoms with Gasteiger partial charge >= 0.3 is 6.03 Å². The van der Waals surface area contributed by atoms with E-state index >= 15 is 0 Å². The van der Waals surface area contributed by atoms with Crippen molar-refractivity contribution in [2.75, 3.05) is 31.5 Å². The number of aromatic nitrogens is 1. The molecule has 2 atom stereocenters. The van der Waals surface area contributed by atoms with Gasteiger partial charge in [0.15, 0.2) is 0 Å². The van der Waals surface area contributed by atoms with Crippen molar-refractivity contribution < 1.29 is 14.4 Å². The van der Waals surface area contributed by atoms with E-state index in [0.29, 0.717) is 26.2 Å². The predicted octanol–water partition coefficient (Wildman–Crippen LogP) is 6.02. The minimum atomic E-state index is -0.403. The van der Waals surface area contributed by atoms with Gasteiger partial charge in [-0.1, -0.05) is 57.2 Å². The monoisotopic (exact) mass is 587 g/mol. The van der Waals surface area contributed by atoms with E-state index in [4.69, 9.17) is 0 Å². The summed E-state index contributed by atoms with van der Waals surface area (Å²) >= 11 is 1.61. The molecule has 2 unspecified atom stereocenters. The Morgan fingerprint density at radius 1 is 1.00 bits per heavy atom. The number of piperidine rings is 1. The number of carbonyl (C=O) groups excluding carboxylic acids is 3. The number of hydrogen-bond acceptors (Lipinski definition) is 4. The van der Waals surface area contributed by atoms with Gasteiger partial charge in [0.1, 0.15) is 5.37 Å². The molecule has 2 fully saturated rings. The number of rotatable bonds is 6. The molecule has 2 aromatic carbocycles. The lowest BCUT2D eigenvalue weighted by atomic mass is 9.92. The number of H-pyrrole nitrogens is 1. The molecule has 9 heteroatoms. The first kappa shape index (κ1) is 28.6. The predicted molar refractivity (Wildman–Crippen MR) is 168 cm³/mol. The molecule has 4 heterocycles. The number of urea groups is 1. The Bertz CT molecular complexity index is 1470. The van der Waals surface area contributed by atoms with Gasteiger partial charge in [-0.3, -0.25) is 9.59 Å². The maximum absolute atomic E-state index is 13.8. The van der Waals surface area contributed by atoms with E-state index < -0.39 is 5.25 Å². The van der Waals surface area contributed by atoms with Gasteiger partial charge in [0.25, 0.3) is 0 Å². The molecule has 4 amide bonds. The van der Waals surface area contributed by atoms with Crippen molar-refractivity contribution in [1.29, 1.82) is 0 Å². The van der Waals surface area contributed by atoms with Crippen molar-refractivity contribution >= 4 is 46.2 Å². The third-order valence-electron chi connectivity index (χ3n) is 8.88. The van der Waals surface area contributed by atoms with Crippen LogP contribution in [0.3, 0.4) is 0 Å². The fraction of sp³-hybridized carbons (Fsp3) is 0.485. The number of nitrogens with one attached hydrogen (secondary N) is 2.